The minimum Gasteiger partial charge on any atom is -0.338 e. The van der Waals surface area contributed by atoms with E-state index in [9.17, 15) is 0 Å². The molecular formula is C15H13N5. The Morgan fingerprint density at radius 2 is 2.10 bits per heavy atom. The summed E-state index contributed by atoms with van der Waals surface area (Å²) in [5.41, 5.74) is 5.05. The smallest absolute Gasteiger partial charge is 0.140 e. The number of H-pyrrole nitrogens is 1. The summed E-state index contributed by atoms with van der Waals surface area (Å²) in [5, 5.41) is 17.2. The number of fused-ring (bicyclic) bond motifs is 1. The van der Waals surface area contributed by atoms with Crippen LogP contribution in [-0.2, 0) is 6.42 Å². The summed E-state index contributed by atoms with van der Waals surface area (Å²) >= 11 is 0. The van der Waals surface area contributed by atoms with Gasteiger partial charge in [-0.25, -0.2) is 4.98 Å². The number of benzene rings is 1. The van der Waals surface area contributed by atoms with Crippen molar-refractivity contribution >= 4 is 11.0 Å². The van der Waals surface area contributed by atoms with E-state index in [1.165, 1.54) is 0 Å². The second kappa shape index (κ2) is 4.74. The molecule has 0 bridgehead atoms. The predicted octanol–water partition coefficient (Wildman–Crippen LogP) is 2.76. The topological polar surface area (TPSA) is 78.2 Å². The van der Waals surface area contributed by atoms with Gasteiger partial charge in [-0.3, -0.25) is 0 Å². The number of nitrogens with zero attached hydrogens (tertiary/aromatic N) is 4. The minimum atomic E-state index is 0.618. The third kappa shape index (κ3) is 2.01. The highest BCUT2D eigenvalue weighted by molar-refractivity contribution is 5.81. The van der Waals surface area contributed by atoms with Gasteiger partial charge in [-0.05, 0) is 37.6 Å². The van der Waals surface area contributed by atoms with Crippen LogP contribution < -0.4 is 0 Å². The van der Waals surface area contributed by atoms with Crippen molar-refractivity contribution in [3.63, 3.8) is 0 Å². The van der Waals surface area contributed by atoms with Crippen LogP contribution in [0.5, 0.6) is 0 Å². The van der Waals surface area contributed by atoms with Gasteiger partial charge in [-0.1, -0.05) is 6.92 Å². The monoisotopic (exact) mass is 263 g/mol. The number of imidazole rings is 1. The van der Waals surface area contributed by atoms with Crippen LogP contribution in [0.3, 0.4) is 0 Å². The third-order valence-electron chi connectivity index (χ3n) is 3.19. The number of hydrogen-bond acceptors (Lipinski definition) is 4. The van der Waals surface area contributed by atoms with Crippen molar-refractivity contribution in [1.29, 1.82) is 5.26 Å². The van der Waals surface area contributed by atoms with E-state index in [0.29, 0.717) is 5.56 Å². The predicted molar refractivity (Wildman–Crippen MR) is 75.9 cm³/mol. The lowest BCUT2D eigenvalue weighted by molar-refractivity contribution is 0.893. The molecule has 3 rings (SSSR count). The van der Waals surface area contributed by atoms with Crippen LogP contribution in [0.15, 0.2) is 24.3 Å². The summed E-state index contributed by atoms with van der Waals surface area (Å²) in [6.45, 7) is 3.95. The van der Waals surface area contributed by atoms with Crippen molar-refractivity contribution in [2.75, 3.05) is 0 Å². The van der Waals surface area contributed by atoms with Gasteiger partial charge in [-0.2, -0.15) is 15.5 Å². The number of aromatic amines is 1. The van der Waals surface area contributed by atoms with E-state index in [-0.39, 0.29) is 0 Å². The quantitative estimate of drug-likeness (QED) is 0.771. The summed E-state index contributed by atoms with van der Waals surface area (Å²) in [6, 6.07) is 9.53. The molecule has 20 heavy (non-hydrogen) atoms. The van der Waals surface area contributed by atoms with Gasteiger partial charge in [0.2, 0.25) is 0 Å². The molecule has 0 saturated heterocycles. The third-order valence-corrected chi connectivity index (χ3v) is 3.19. The summed E-state index contributed by atoms with van der Waals surface area (Å²) in [7, 11) is 0. The Morgan fingerprint density at radius 1 is 1.25 bits per heavy atom. The molecular weight excluding hydrogens is 250 g/mol. The van der Waals surface area contributed by atoms with Gasteiger partial charge in [0.1, 0.15) is 5.82 Å². The number of nitrogens with one attached hydrogen (secondary N) is 1. The van der Waals surface area contributed by atoms with Gasteiger partial charge in [0.15, 0.2) is 0 Å². The second-order valence-electron chi connectivity index (χ2n) is 4.63. The zero-order valence-corrected chi connectivity index (χ0v) is 11.3. The lowest BCUT2D eigenvalue weighted by Crippen LogP contribution is -1.98. The Labute approximate surface area is 116 Å². The molecule has 0 amide bonds. The van der Waals surface area contributed by atoms with Crippen molar-refractivity contribution < 1.29 is 0 Å². The van der Waals surface area contributed by atoms with Crippen LogP contribution in [-0.4, -0.2) is 20.2 Å². The van der Waals surface area contributed by atoms with Gasteiger partial charge in [0.05, 0.1) is 34.1 Å². The van der Waals surface area contributed by atoms with E-state index < -0.39 is 0 Å². The first-order chi connectivity index (χ1) is 9.71. The maximum atomic E-state index is 8.94. The number of aromatic nitrogens is 4. The van der Waals surface area contributed by atoms with Crippen molar-refractivity contribution in [2.24, 2.45) is 0 Å². The van der Waals surface area contributed by atoms with Gasteiger partial charge in [0, 0.05) is 5.56 Å². The van der Waals surface area contributed by atoms with Crippen LogP contribution in [0.1, 0.15) is 23.9 Å². The van der Waals surface area contributed by atoms with Crippen molar-refractivity contribution in [3.8, 4) is 17.5 Å². The molecule has 0 radical (unpaired) electrons. The van der Waals surface area contributed by atoms with Gasteiger partial charge < -0.3 is 4.98 Å². The van der Waals surface area contributed by atoms with Crippen molar-refractivity contribution in [3.05, 3.63) is 41.2 Å². The van der Waals surface area contributed by atoms with Crippen LogP contribution >= 0.6 is 0 Å². The van der Waals surface area contributed by atoms with Crippen molar-refractivity contribution in [1.82, 2.24) is 20.2 Å². The molecule has 0 saturated carbocycles. The first-order valence-corrected chi connectivity index (χ1v) is 6.44. The average molecular weight is 263 g/mol. The maximum absolute atomic E-state index is 8.94. The molecule has 1 aromatic carbocycles. The number of rotatable bonds is 2. The van der Waals surface area contributed by atoms with E-state index in [1.807, 2.05) is 26.0 Å². The molecule has 0 atom stereocenters. The molecule has 5 heteroatoms. The van der Waals surface area contributed by atoms with E-state index in [1.54, 1.807) is 12.1 Å². The fourth-order valence-corrected chi connectivity index (χ4v) is 2.19. The van der Waals surface area contributed by atoms with Crippen LogP contribution in [0.25, 0.3) is 22.4 Å². The molecule has 2 heterocycles. The fourth-order valence-electron chi connectivity index (χ4n) is 2.19. The highest BCUT2D eigenvalue weighted by Gasteiger charge is 2.11. The summed E-state index contributed by atoms with van der Waals surface area (Å²) in [5.74, 6) is 0.768. The lowest BCUT2D eigenvalue weighted by Gasteiger charge is -2.03. The second-order valence-corrected chi connectivity index (χ2v) is 4.63. The molecule has 3 aromatic rings. The van der Waals surface area contributed by atoms with Gasteiger partial charge in [0.25, 0.3) is 0 Å². The number of aryl methyl sites for hydroxylation is 2. The van der Waals surface area contributed by atoms with Gasteiger partial charge in [-0.15, -0.1) is 0 Å². The van der Waals surface area contributed by atoms with E-state index in [4.69, 9.17) is 5.26 Å². The Kier molecular flexibility index (Phi) is 2.92. The highest BCUT2D eigenvalue weighted by atomic mass is 15.1. The normalized spacial score (nSPS) is 10.7. The van der Waals surface area contributed by atoms with E-state index in [2.05, 4.69) is 26.2 Å². The molecule has 0 aliphatic heterocycles. The minimum absolute atomic E-state index is 0.618. The average Bonchev–Trinajstić information content (AvgIpc) is 2.89. The molecule has 0 spiro atoms. The van der Waals surface area contributed by atoms with Crippen LogP contribution in [0.4, 0.5) is 0 Å². The Hall–Kier alpha value is -2.74. The molecule has 0 unspecified atom stereocenters. The van der Waals surface area contributed by atoms with E-state index in [0.717, 1.165) is 40.2 Å². The molecule has 98 valence electrons. The van der Waals surface area contributed by atoms with Crippen LogP contribution in [0, 0.1) is 18.3 Å². The molecule has 2 aromatic heterocycles. The van der Waals surface area contributed by atoms with Crippen LogP contribution in [0.2, 0.25) is 0 Å². The van der Waals surface area contributed by atoms with E-state index >= 15 is 0 Å². The largest absolute Gasteiger partial charge is 0.338 e. The highest BCUT2D eigenvalue weighted by Crippen LogP contribution is 2.24. The van der Waals surface area contributed by atoms with Crippen molar-refractivity contribution in [2.45, 2.75) is 20.3 Å². The molecule has 0 fully saturated rings. The zero-order chi connectivity index (χ0) is 14.1. The zero-order valence-electron chi connectivity index (χ0n) is 11.3. The Balaban J connectivity index is 2.20. The SMILES string of the molecule is CCc1nnc(C)cc1-c1nc2ccc(C#N)cc2[nH]1. The first-order valence-electron chi connectivity index (χ1n) is 6.44. The summed E-state index contributed by atoms with van der Waals surface area (Å²) in [6.07, 6.45) is 0.795. The summed E-state index contributed by atoms with van der Waals surface area (Å²) < 4.78 is 0. The Bertz CT molecular complexity index is 826. The number of nitriles is 1. The Morgan fingerprint density at radius 3 is 2.85 bits per heavy atom. The molecule has 1 N–H and O–H groups in total. The molecule has 5 nitrogen and oxygen atoms in total. The molecule has 0 aliphatic carbocycles. The first kappa shape index (κ1) is 12.3. The summed E-state index contributed by atoms with van der Waals surface area (Å²) in [4.78, 5) is 7.83. The fraction of sp³-hybridized carbons (Fsp3) is 0.200. The van der Waals surface area contributed by atoms with Gasteiger partial charge >= 0.3 is 0 Å². The number of hydrogen-bond donors (Lipinski definition) is 1. The molecule has 0 aliphatic rings. The standard InChI is InChI=1S/C15H13N5/c1-3-12-11(6-9(2)19-20-12)15-17-13-5-4-10(8-16)7-14(13)18-15/h4-7H,3H2,1-2H3,(H,17,18). The lowest BCUT2D eigenvalue weighted by atomic mass is 10.1. The maximum Gasteiger partial charge on any atom is 0.140 e.